The maximum Gasteiger partial charge on any atom is 0.251 e. The Bertz CT molecular complexity index is 657. The lowest BCUT2D eigenvalue weighted by Crippen LogP contribution is -2.29. The highest BCUT2D eigenvalue weighted by molar-refractivity contribution is 8.15. The van der Waals surface area contributed by atoms with Crippen LogP contribution in [0.15, 0.2) is 18.2 Å². The number of thioether (sulfide) groups is 1. The number of amidine groups is 1. The molecule has 5 nitrogen and oxygen atoms in total. The highest BCUT2D eigenvalue weighted by Crippen LogP contribution is 2.35. The van der Waals surface area contributed by atoms with Gasteiger partial charge in [-0.25, -0.2) is 8.78 Å². The van der Waals surface area contributed by atoms with Gasteiger partial charge in [0.05, 0.1) is 29.7 Å². The fraction of sp³-hybridized carbons (Fsp3) is 0.400. The second-order valence-electron chi connectivity index (χ2n) is 4.93. The largest absolute Gasteiger partial charge is 0.491 e. The van der Waals surface area contributed by atoms with E-state index in [0.717, 1.165) is 16.7 Å². The molecule has 23 heavy (non-hydrogen) atoms. The molecule has 1 aliphatic heterocycles. The molecule has 1 amide bonds. The Labute approximate surface area is 136 Å². The Balaban J connectivity index is 2.24. The lowest BCUT2D eigenvalue weighted by molar-refractivity contribution is -0.115. The van der Waals surface area contributed by atoms with Crippen molar-refractivity contribution in [1.29, 1.82) is 10.7 Å². The maximum atomic E-state index is 13.3. The standard InChI is InChI=1S/C15H15F2N3O2S/c1-2-15(16,17)5-6-22-12-4-3-10(8-18)7-11(12)20-13(21)9-23-14(20)19/h3-4,7,19H,2,5-6,9H2,1H3. The highest BCUT2D eigenvalue weighted by atomic mass is 32.2. The first-order valence-electron chi connectivity index (χ1n) is 6.97. The number of carbonyl (C=O) groups excluding carboxylic acids is 1. The third kappa shape index (κ3) is 3.99. The van der Waals surface area contributed by atoms with E-state index >= 15 is 0 Å². The van der Waals surface area contributed by atoms with Crippen molar-refractivity contribution < 1.29 is 18.3 Å². The van der Waals surface area contributed by atoms with E-state index in [0.29, 0.717) is 5.56 Å². The van der Waals surface area contributed by atoms with E-state index in [1.54, 1.807) is 0 Å². The van der Waals surface area contributed by atoms with Crippen molar-refractivity contribution in [2.45, 2.75) is 25.7 Å². The minimum atomic E-state index is -2.81. The molecule has 1 aliphatic rings. The minimum absolute atomic E-state index is 0.0221. The van der Waals surface area contributed by atoms with Crippen molar-refractivity contribution in [3.63, 3.8) is 0 Å². The summed E-state index contributed by atoms with van der Waals surface area (Å²) in [6.45, 7) is 1.18. The van der Waals surface area contributed by atoms with Gasteiger partial charge in [0.2, 0.25) is 5.91 Å². The van der Waals surface area contributed by atoms with E-state index in [-0.39, 0.29) is 41.3 Å². The summed E-state index contributed by atoms with van der Waals surface area (Å²) >= 11 is 1.06. The zero-order valence-corrected chi connectivity index (χ0v) is 13.3. The summed E-state index contributed by atoms with van der Waals surface area (Å²) in [5.41, 5.74) is 0.535. The summed E-state index contributed by atoms with van der Waals surface area (Å²) in [5, 5.41) is 16.8. The van der Waals surface area contributed by atoms with Crippen LogP contribution in [0, 0.1) is 16.7 Å². The van der Waals surface area contributed by atoms with Gasteiger partial charge in [-0.2, -0.15) is 5.26 Å². The molecular formula is C15H15F2N3O2S. The van der Waals surface area contributed by atoms with Gasteiger partial charge in [0.25, 0.3) is 5.92 Å². The van der Waals surface area contributed by atoms with E-state index < -0.39 is 12.3 Å². The van der Waals surface area contributed by atoms with Crippen LogP contribution in [-0.4, -0.2) is 29.4 Å². The number of rotatable bonds is 6. The molecule has 0 aliphatic carbocycles. The van der Waals surface area contributed by atoms with Crippen molar-refractivity contribution in [3.8, 4) is 11.8 Å². The number of nitrogens with one attached hydrogen (secondary N) is 1. The van der Waals surface area contributed by atoms with Crippen LogP contribution < -0.4 is 9.64 Å². The quantitative estimate of drug-likeness (QED) is 0.862. The third-order valence-corrected chi connectivity index (χ3v) is 4.20. The molecule has 2 rings (SSSR count). The normalized spacial score (nSPS) is 15.0. The Kier molecular flexibility index (Phi) is 5.21. The number of alkyl halides is 2. The molecule has 1 N–H and O–H groups in total. The number of benzene rings is 1. The van der Waals surface area contributed by atoms with Crippen LogP contribution in [0.3, 0.4) is 0 Å². The molecule has 1 aromatic rings. The van der Waals surface area contributed by atoms with Gasteiger partial charge in [-0.1, -0.05) is 18.7 Å². The van der Waals surface area contributed by atoms with Crippen LogP contribution in [0.4, 0.5) is 14.5 Å². The zero-order chi connectivity index (χ0) is 17.0. The van der Waals surface area contributed by atoms with Gasteiger partial charge < -0.3 is 4.74 Å². The first-order valence-corrected chi connectivity index (χ1v) is 7.95. The number of ether oxygens (including phenoxy) is 1. The summed E-state index contributed by atoms with van der Waals surface area (Å²) in [4.78, 5) is 13.1. The SMILES string of the molecule is CCC(F)(F)CCOc1ccc(C#N)cc1N1C(=N)SCC1=O. The smallest absolute Gasteiger partial charge is 0.251 e. The van der Waals surface area contributed by atoms with Crippen molar-refractivity contribution in [1.82, 2.24) is 0 Å². The van der Waals surface area contributed by atoms with Crippen LogP contribution in [0.5, 0.6) is 5.75 Å². The molecule has 1 aromatic carbocycles. The van der Waals surface area contributed by atoms with E-state index in [4.69, 9.17) is 15.4 Å². The molecule has 0 aromatic heterocycles. The van der Waals surface area contributed by atoms with E-state index in [2.05, 4.69) is 0 Å². The van der Waals surface area contributed by atoms with Crippen LogP contribution in [0.2, 0.25) is 0 Å². The predicted molar refractivity (Wildman–Crippen MR) is 84.2 cm³/mol. The molecule has 0 radical (unpaired) electrons. The van der Waals surface area contributed by atoms with Gasteiger partial charge in [-0.15, -0.1) is 0 Å². The number of hydrogen-bond acceptors (Lipinski definition) is 5. The average Bonchev–Trinajstić information content (AvgIpc) is 2.86. The number of hydrogen-bond donors (Lipinski definition) is 1. The number of anilines is 1. The van der Waals surface area contributed by atoms with Crippen molar-refractivity contribution in [3.05, 3.63) is 23.8 Å². The summed E-state index contributed by atoms with van der Waals surface area (Å²) in [5.74, 6) is -2.78. The van der Waals surface area contributed by atoms with Gasteiger partial charge in [-0.05, 0) is 18.2 Å². The fourth-order valence-electron chi connectivity index (χ4n) is 1.99. The Morgan fingerprint density at radius 3 is 2.83 bits per heavy atom. The molecule has 0 saturated carbocycles. The monoisotopic (exact) mass is 339 g/mol. The molecule has 0 bridgehead atoms. The second kappa shape index (κ2) is 6.96. The van der Waals surface area contributed by atoms with Crippen molar-refractivity contribution in [2.75, 3.05) is 17.3 Å². The first kappa shape index (κ1) is 17.2. The lowest BCUT2D eigenvalue weighted by Gasteiger charge is -2.20. The van der Waals surface area contributed by atoms with Crippen LogP contribution in [0.25, 0.3) is 0 Å². The molecule has 122 valence electrons. The third-order valence-electron chi connectivity index (χ3n) is 3.36. The van der Waals surface area contributed by atoms with E-state index in [1.807, 2.05) is 6.07 Å². The molecule has 0 atom stereocenters. The van der Waals surface area contributed by atoms with Gasteiger partial charge in [0.1, 0.15) is 5.75 Å². The highest BCUT2D eigenvalue weighted by Gasteiger charge is 2.31. The molecule has 1 heterocycles. The lowest BCUT2D eigenvalue weighted by atomic mass is 10.1. The van der Waals surface area contributed by atoms with Crippen molar-refractivity contribution in [2.24, 2.45) is 0 Å². The maximum absolute atomic E-state index is 13.3. The number of nitriles is 1. The zero-order valence-electron chi connectivity index (χ0n) is 12.4. The topological polar surface area (TPSA) is 77.2 Å². The van der Waals surface area contributed by atoms with Gasteiger partial charge in [0, 0.05) is 12.8 Å². The summed E-state index contributed by atoms with van der Waals surface area (Å²) < 4.78 is 31.9. The van der Waals surface area contributed by atoms with E-state index in [1.165, 1.54) is 25.1 Å². The fourth-order valence-corrected chi connectivity index (χ4v) is 2.71. The molecule has 0 unspecified atom stereocenters. The molecule has 1 saturated heterocycles. The van der Waals surface area contributed by atoms with Crippen molar-refractivity contribution >= 4 is 28.5 Å². The molecule has 1 fully saturated rings. The van der Waals surface area contributed by atoms with Gasteiger partial charge in [0.15, 0.2) is 5.17 Å². The summed E-state index contributed by atoms with van der Waals surface area (Å²) in [6.07, 6.45) is -0.717. The Hall–Kier alpha value is -2.14. The summed E-state index contributed by atoms with van der Waals surface area (Å²) in [7, 11) is 0. The number of amides is 1. The molecule has 8 heteroatoms. The number of nitrogens with zero attached hydrogens (tertiary/aromatic N) is 2. The molecular weight excluding hydrogens is 324 g/mol. The van der Waals surface area contributed by atoms with Gasteiger partial charge >= 0.3 is 0 Å². The first-order chi connectivity index (χ1) is 10.9. The van der Waals surface area contributed by atoms with Crippen LogP contribution in [0.1, 0.15) is 25.3 Å². The number of halogens is 2. The van der Waals surface area contributed by atoms with E-state index in [9.17, 15) is 13.6 Å². The average molecular weight is 339 g/mol. The molecule has 0 spiro atoms. The Morgan fingerprint density at radius 1 is 1.52 bits per heavy atom. The summed E-state index contributed by atoms with van der Waals surface area (Å²) in [6, 6.07) is 6.31. The number of carbonyl (C=O) groups is 1. The van der Waals surface area contributed by atoms with Crippen LogP contribution in [-0.2, 0) is 4.79 Å². The minimum Gasteiger partial charge on any atom is -0.491 e. The predicted octanol–water partition coefficient (Wildman–Crippen LogP) is 3.39. The van der Waals surface area contributed by atoms with Crippen LogP contribution >= 0.6 is 11.8 Å². The van der Waals surface area contributed by atoms with Gasteiger partial charge in [-0.3, -0.25) is 15.1 Å². The Morgan fingerprint density at radius 2 is 2.26 bits per heavy atom. The second-order valence-corrected chi connectivity index (χ2v) is 5.89.